The van der Waals surface area contributed by atoms with Gasteiger partial charge in [-0.2, -0.15) is 0 Å². The molecule has 16 heavy (non-hydrogen) atoms. The lowest BCUT2D eigenvalue weighted by Gasteiger charge is -2.30. The van der Waals surface area contributed by atoms with Gasteiger partial charge in [0, 0.05) is 6.04 Å². The molecule has 0 amide bonds. The summed E-state index contributed by atoms with van der Waals surface area (Å²) in [7, 11) is 0. The summed E-state index contributed by atoms with van der Waals surface area (Å²) in [6.07, 6.45) is 5.18. The van der Waals surface area contributed by atoms with E-state index in [2.05, 4.69) is 38.1 Å². The average molecular weight is 217 g/mol. The summed E-state index contributed by atoms with van der Waals surface area (Å²) >= 11 is 0. The van der Waals surface area contributed by atoms with Crippen LogP contribution in [0.15, 0.2) is 24.3 Å². The number of benzene rings is 1. The maximum Gasteiger partial charge on any atom is 0.0300 e. The largest absolute Gasteiger partial charge is 0.324 e. The molecule has 1 saturated carbocycles. The zero-order chi connectivity index (χ0) is 11.5. The quantitative estimate of drug-likeness (QED) is 0.810. The van der Waals surface area contributed by atoms with Gasteiger partial charge in [0.15, 0.2) is 0 Å². The minimum Gasteiger partial charge on any atom is -0.324 e. The van der Waals surface area contributed by atoms with Crippen LogP contribution in [0.2, 0.25) is 0 Å². The van der Waals surface area contributed by atoms with Crippen molar-refractivity contribution in [2.45, 2.75) is 51.5 Å². The Kier molecular flexibility index (Phi) is 3.65. The molecule has 1 fully saturated rings. The molecule has 1 atom stereocenters. The molecule has 1 aromatic rings. The summed E-state index contributed by atoms with van der Waals surface area (Å²) in [5, 5.41) is 0. The van der Waals surface area contributed by atoms with Gasteiger partial charge in [0.1, 0.15) is 0 Å². The van der Waals surface area contributed by atoms with E-state index in [1.807, 2.05) is 0 Å². The fourth-order valence-corrected chi connectivity index (χ4v) is 2.57. The number of hydrogen-bond donors (Lipinski definition) is 1. The van der Waals surface area contributed by atoms with Crippen LogP contribution in [0.3, 0.4) is 0 Å². The Bertz CT molecular complexity index is 339. The van der Waals surface area contributed by atoms with E-state index >= 15 is 0 Å². The van der Waals surface area contributed by atoms with Crippen LogP contribution in [0.25, 0.3) is 0 Å². The molecule has 1 aromatic carbocycles. The molecule has 0 aromatic heterocycles. The highest BCUT2D eigenvalue weighted by atomic mass is 14.6. The molecule has 88 valence electrons. The van der Waals surface area contributed by atoms with Gasteiger partial charge in [0.2, 0.25) is 0 Å². The lowest BCUT2D eigenvalue weighted by molar-refractivity contribution is 0.411. The van der Waals surface area contributed by atoms with Crippen LogP contribution < -0.4 is 5.73 Å². The molecule has 0 saturated heterocycles. The highest BCUT2D eigenvalue weighted by molar-refractivity contribution is 5.34. The predicted octanol–water partition coefficient (Wildman–Crippen LogP) is 4.00. The Balaban J connectivity index is 2.18. The van der Waals surface area contributed by atoms with Crippen molar-refractivity contribution in [3.05, 3.63) is 35.4 Å². The molecular weight excluding hydrogens is 194 g/mol. The molecule has 0 bridgehead atoms. The Morgan fingerprint density at radius 3 is 2.50 bits per heavy atom. The second kappa shape index (κ2) is 5.01. The van der Waals surface area contributed by atoms with Crippen molar-refractivity contribution in [2.75, 3.05) is 0 Å². The smallest absolute Gasteiger partial charge is 0.0300 e. The first-order valence-corrected chi connectivity index (χ1v) is 6.53. The SMILES string of the molecule is CC(C)CC(N)c1ccccc1C1CCC1. The molecule has 1 heteroatoms. The van der Waals surface area contributed by atoms with Crippen molar-refractivity contribution in [3.63, 3.8) is 0 Å². The normalized spacial score (nSPS) is 18.5. The van der Waals surface area contributed by atoms with E-state index in [-0.39, 0.29) is 6.04 Å². The van der Waals surface area contributed by atoms with E-state index in [0.717, 1.165) is 12.3 Å². The van der Waals surface area contributed by atoms with Crippen molar-refractivity contribution in [3.8, 4) is 0 Å². The summed E-state index contributed by atoms with van der Waals surface area (Å²) in [4.78, 5) is 0. The fraction of sp³-hybridized carbons (Fsp3) is 0.600. The molecule has 1 unspecified atom stereocenters. The van der Waals surface area contributed by atoms with Crippen molar-refractivity contribution in [1.29, 1.82) is 0 Å². The first kappa shape index (κ1) is 11.7. The van der Waals surface area contributed by atoms with E-state index in [1.165, 1.54) is 30.4 Å². The van der Waals surface area contributed by atoms with Crippen molar-refractivity contribution < 1.29 is 0 Å². The first-order chi connectivity index (χ1) is 7.68. The van der Waals surface area contributed by atoms with Crippen LogP contribution in [0, 0.1) is 5.92 Å². The second-order valence-electron chi connectivity index (χ2n) is 5.49. The average Bonchev–Trinajstić information content (AvgIpc) is 2.14. The van der Waals surface area contributed by atoms with Gasteiger partial charge < -0.3 is 5.73 Å². The van der Waals surface area contributed by atoms with E-state index in [9.17, 15) is 0 Å². The van der Waals surface area contributed by atoms with E-state index in [1.54, 1.807) is 0 Å². The minimum atomic E-state index is 0.219. The van der Waals surface area contributed by atoms with Gasteiger partial charge in [-0.1, -0.05) is 44.5 Å². The third-order valence-corrected chi connectivity index (χ3v) is 3.67. The molecule has 0 radical (unpaired) electrons. The van der Waals surface area contributed by atoms with E-state index in [4.69, 9.17) is 5.73 Å². The van der Waals surface area contributed by atoms with Crippen LogP contribution >= 0.6 is 0 Å². The molecule has 2 rings (SSSR count). The number of rotatable bonds is 4. The van der Waals surface area contributed by atoms with Crippen LogP contribution in [0.1, 0.15) is 62.6 Å². The highest BCUT2D eigenvalue weighted by Crippen LogP contribution is 2.39. The molecule has 1 aliphatic carbocycles. The number of hydrogen-bond acceptors (Lipinski definition) is 1. The molecule has 0 spiro atoms. The second-order valence-corrected chi connectivity index (χ2v) is 5.49. The van der Waals surface area contributed by atoms with Gasteiger partial charge >= 0.3 is 0 Å². The van der Waals surface area contributed by atoms with Gasteiger partial charge in [0.05, 0.1) is 0 Å². The zero-order valence-corrected chi connectivity index (χ0v) is 10.4. The standard InChI is InChI=1S/C15H23N/c1-11(2)10-15(16)14-9-4-3-8-13(14)12-6-5-7-12/h3-4,8-9,11-12,15H,5-7,10,16H2,1-2H3. The minimum absolute atomic E-state index is 0.219. The predicted molar refractivity (Wildman–Crippen MR) is 69.4 cm³/mol. The Morgan fingerprint density at radius 1 is 1.25 bits per heavy atom. The monoisotopic (exact) mass is 217 g/mol. The summed E-state index contributed by atoms with van der Waals surface area (Å²) < 4.78 is 0. The van der Waals surface area contributed by atoms with Crippen molar-refractivity contribution in [2.24, 2.45) is 11.7 Å². The highest BCUT2D eigenvalue weighted by Gasteiger charge is 2.23. The van der Waals surface area contributed by atoms with Crippen LogP contribution in [0.4, 0.5) is 0 Å². The first-order valence-electron chi connectivity index (χ1n) is 6.53. The third kappa shape index (κ3) is 2.46. The number of nitrogens with two attached hydrogens (primary N) is 1. The van der Waals surface area contributed by atoms with Gasteiger partial charge in [0.25, 0.3) is 0 Å². The van der Waals surface area contributed by atoms with Gasteiger partial charge in [-0.05, 0) is 42.2 Å². The van der Waals surface area contributed by atoms with Crippen LogP contribution in [-0.4, -0.2) is 0 Å². The Hall–Kier alpha value is -0.820. The third-order valence-electron chi connectivity index (χ3n) is 3.67. The Morgan fingerprint density at radius 2 is 1.94 bits per heavy atom. The van der Waals surface area contributed by atoms with Crippen molar-refractivity contribution in [1.82, 2.24) is 0 Å². The molecule has 2 N–H and O–H groups in total. The fourth-order valence-electron chi connectivity index (χ4n) is 2.57. The lowest BCUT2D eigenvalue weighted by Crippen LogP contribution is -2.18. The maximum absolute atomic E-state index is 6.31. The lowest BCUT2D eigenvalue weighted by atomic mass is 9.76. The maximum atomic E-state index is 6.31. The topological polar surface area (TPSA) is 26.0 Å². The van der Waals surface area contributed by atoms with Gasteiger partial charge in [-0.15, -0.1) is 0 Å². The summed E-state index contributed by atoms with van der Waals surface area (Å²) in [6.45, 7) is 4.48. The van der Waals surface area contributed by atoms with Gasteiger partial charge in [-0.3, -0.25) is 0 Å². The molecule has 0 aliphatic heterocycles. The Labute approximate surface area is 99.0 Å². The van der Waals surface area contributed by atoms with Crippen LogP contribution in [-0.2, 0) is 0 Å². The summed E-state index contributed by atoms with van der Waals surface area (Å²) in [5.41, 5.74) is 9.22. The van der Waals surface area contributed by atoms with Crippen LogP contribution in [0.5, 0.6) is 0 Å². The summed E-state index contributed by atoms with van der Waals surface area (Å²) in [6, 6.07) is 8.99. The van der Waals surface area contributed by atoms with Crippen molar-refractivity contribution >= 4 is 0 Å². The van der Waals surface area contributed by atoms with E-state index < -0.39 is 0 Å². The summed E-state index contributed by atoms with van der Waals surface area (Å²) in [5.74, 6) is 1.46. The molecule has 1 aliphatic rings. The molecule has 0 heterocycles. The van der Waals surface area contributed by atoms with E-state index in [0.29, 0.717) is 5.92 Å². The zero-order valence-electron chi connectivity index (χ0n) is 10.4. The molecular formula is C15H23N. The molecule has 1 nitrogen and oxygen atoms in total. The van der Waals surface area contributed by atoms with Gasteiger partial charge in [-0.25, -0.2) is 0 Å².